The van der Waals surface area contributed by atoms with Crippen LogP contribution in [-0.2, 0) is 9.84 Å². The Morgan fingerprint density at radius 3 is 2.12 bits per heavy atom. The zero-order valence-electron chi connectivity index (χ0n) is 16.1. The molecule has 0 aromatic rings. The van der Waals surface area contributed by atoms with Gasteiger partial charge < -0.3 is 15.7 Å². The molecular weight excluding hydrogens is 453 g/mol. The fourth-order valence-electron chi connectivity index (χ4n) is 3.16. The fraction of sp³-hybridized carbons (Fsp3) is 0.941. The number of sulfone groups is 1. The fourth-order valence-corrected chi connectivity index (χ4v) is 4.66. The summed E-state index contributed by atoms with van der Waals surface area (Å²) in [4.78, 5) is 4.55. The van der Waals surface area contributed by atoms with E-state index in [1.165, 1.54) is 6.26 Å². The summed E-state index contributed by atoms with van der Waals surface area (Å²) in [7, 11) is -2.97. The Morgan fingerprint density at radius 2 is 1.72 bits per heavy atom. The summed E-state index contributed by atoms with van der Waals surface area (Å²) in [6, 6.07) is 0. The minimum atomic E-state index is -2.97. The number of halogens is 1. The van der Waals surface area contributed by atoms with Crippen molar-refractivity contribution in [2.24, 2.45) is 10.4 Å². The molecule has 0 amide bonds. The summed E-state index contributed by atoms with van der Waals surface area (Å²) in [5, 5.41) is 17.1. The van der Waals surface area contributed by atoms with Crippen LogP contribution < -0.4 is 10.6 Å². The van der Waals surface area contributed by atoms with Crippen LogP contribution in [0.25, 0.3) is 0 Å². The summed E-state index contributed by atoms with van der Waals surface area (Å²) in [6.07, 6.45) is 6.48. The van der Waals surface area contributed by atoms with E-state index in [-0.39, 0.29) is 35.1 Å². The second-order valence-electron chi connectivity index (χ2n) is 7.34. The minimum absolute atomic E-state index is 0. The van der Waals surface area contributed by atoms with Crippen molar-refractivity contribution in [3.05, 3.63) is 0 Å². The number of hydrogen-bond acceptors (Lipinski definition) is 4. The molecule has 0 atom stereocenters. The molecular formula is C17H36IN3O3S. The van der Waals surface area contributed by atoms with Crippen molar-refractivity contribution >= 4 is 39.8 Å². The summed E-state index contributed by atoms with van der Waals surface area (Å²) in [5.74, 6) is 0.880. The van der Waals surface area contributed by atoms with E-state index in [1.807, 2.05) is 6.92 Å². The molecule has 0 unspecified atom stereocenters. The lowest BCUT2D eigenvalue weighted by atomic mass is 9.93. The van der Waals surface area contributed by atoms with Crippen molar-refractivity contribution in [1.29, 1.82) is 0 Å². The van der Waals surface area contributed by atoms with Gasteiger partial charge in [-0.05, 0) is 32.6 Å². The monoisotopic (exact) mass is 489 g/mol. The van der Waals surface area contributed by atoms with Gasteiger partial charge in [0.2, 0.25) is 0 Å². The van der Waals surface area contributed by atoms with Crippen molar-refractivity contribution in [1.82, 2.24) is 10.6 Å². The highest BCUT2D eigenvalue weighted by Crippen LogP contribution is 2.45. The van der Waals surface area contributed by atoms with E-state index in [0.29, 0.717) is 19.0 Å². The number of hydrogen-bond donors (Lipinski definition) is 3. The van der Waals surface area contributed by atoms with Crippen LogP contribution in [0, 0.1) is 5.41 Å². The van der Waals surface area contributed by atoms with Gasteiger partial charge >= 0.3 is 0 Å². The van der Waals surface area contributed by atoms with Crippen molar-refractivity contribution in [2.45, 2.75) is 64.9 Å². The molecule has 1 saturated carbocycles. The average Bonchev–Trinajstić information content (AvgIpc) is 3.20. The second-order valence-corrected chi connectivity index (χ2v) is 9.48. The van der Waals surface area contributed by atoms with E-state index in [4.69, 9.17) is 0 Å². The second kappa shape index (κ2) is 10.9. The van der Waals surface area contributed by atoms with Gasteiger partial charge in [-0.15, -0.1) is 24.0 Å². The summed E-state index contributed by atoms with van der Waals surface area (Å²) in [6.45, 7) is 7.82. The highest BCUT2D eigenvalue weighted by Gasteiger charge is 2.45. The molecule has 6 nitrogen and oxygen atoms in total. The molecule has 3 N–H and O–H groups in total. The molecule has 0 radical (unpaired) electrons. The molecule has 1 rings (SSSR count). The van der Waals surface area contributed by atoms with E-state index in [2.05, 4.69) is 29.5 Å². The van der Waals surface area contributed by atoms with E-state index >= 15 is 0 Å². The molecule has 25 heavy (non-hydrogen) atoms. The zero-order valence-corrected chi connectivity index (χ0v) is 19.2. The third kappa shape index (κ3) is 9.98. The number of aliphatic hydroxyl groups is 1. The molecule has 0 spiro atoms. The number of aliphatic imine (C=N–C) groups is 1. The number of nitrogens with one attached hydrogen (secondary N) is 2. The van der Waals surface area contributed by atoms with Gasteiger partial charge in [0.15, 0.2) is 5.96 Å². The van der Waals surface area contributed by atoms with Crippen LogP contribution >= 0.6 is 24.0 Å². The first-order chi connectivity index (χ1) is 11.2. The lowest BCUT2D eigenvalue weighted by molar-refractivity contribution is 0.0306. The first kappa shape index (κ1) is 24.9. The minimum Gasteiger partial charge on any atom is -0.388 e. The number of nitrogens with zero attached hydrogens (tertiary/aromatic N) is 1. The van der Waals surface area contributed by atoms with Gasteiger partial charge in [0, 0.05) is 24.8 Å². The van der Waals surface area contributed by atoms with Gasteiger partial charge in [-0.1, -0.05) is 26.7 Å². The molecule has 0 heterocycles. The van der Waals surface area contributed by atoms with Crippen molar-refractivity contribution < 1.29 is 13.5 Å². The van der Waals surface area contributed by atoms with E-state index in [9.17, 15) is 13.5 Å². The maximum atomic E-state index is 11.6. The predicted octanol–water partition coefficient (Wildman–Crippen LogP) is 2.32. The third-order valence-electron chi connectivity index (χ3n) is 4.46. The number of rotatable bonds is 11. The normalized spacial score (nSPS) is 16.9. The van der Waals surface area contributed by atoms with Gasteiger partial charge in [-0.3, -0.25) is 4.99 Å². The Bertz CT molecular complexity index is 513. The summed E-state index contributed by atoms with van der Waals surface area (Å²) in [5.41, 5.74) is -0.900. The largest absolute Gasteiger partial charge is 0.388 e. The molecule has 1 fully saturated rings. The molecule has 150 valence electrons. The lowest BCUT2D eigenvalue weighted by Crippen LogP contribution is -2.43. The van der Waals surface area contributed by atoms with Gasteiger partial charge in [0.25, 0.3) is 0 Å². The quantitative estimate of drug-likeness (QED) is 0.236. The van der Waals surface area contributed by atoms with Gasteiger partial charge in [0.05, 0.1) is 17.9 Å². The topological polar surface area (TPSA) is 90.8 Å². The molecule has 1 aliphatic rings. The SMILES string of the molecule is CCCC(O)(CCC)CN=C(NCC)NCC1(CS(C)(=O)=O)CC1.I. The highest BCUT2D eigenvalue weighted by molar-refractivity contribution is 14.0. The first-order valence-corrected chi connectivity index (χ1v) is 11.2. The van der Waals surface area contributed by atoms with Crippen molar-refractivity contribution in [2.75, 3.05) is 31.6 Å². The van der Waals surface area contributed by atoms with Crippen LogP contribution in [0.4, 0.5) is 0 Å². The average molecular weight is 489 g/mol. The maximum absolute atomic E-state index is 11.6. The molecule has 8 heteroatoms. The Balaban J connectivity index is 0.00000576. The van der Waals surface area contributed by atoms with Crippen LogP contribution in [0.3, 0.4) is 0 Å². The van der Waals surface area contributed by atoms with Crippen LogP contribution in [0.1, 0.15) is 59.3 Å². The smallest absolute Gasteiger partial charge is 0.191 e. The van der Waals surface area contributed by atoms with Crippen LogP contribution in [0.2, 0.25) is 0 Å². The van der Waals surface area contributed by atoms with Gasteiger partial charge in [-0.25, -0.2) is 8.42 Å². The van der Waals surface area contributed by atoms with Gasteiger partial charge in [-0.2, -0.15) is 0 Å². The molecule has 0 aromatic carbocycles. The van der Waals surface area contributed by atoms with Crippen molar-refractivity contribution in [3.63, 3.8) is 0 Å². The van der Waals surface area contributed by atoms with Crippen molar-refractivity contribution in [3.8, 4) is 0 Å². The first-order valence-electron chi connectivity index (χ1n) is 9.10. The lowest BCUT2D eigenvalue weighted by Gasteiger charge is -2.26. The third-order valence-corrected chi connectivity index (χ3v) is 5.60. The predicted molar refractivity (Wildman–Crippen MR) is 116 cm³/mol. The van der Waals surface area contributed by atoms with Crippen LogP contribution in [0.5, 0.6) is 0 Å². The molecule has 1 aliphatic carbocycles. The Hall–Kier alpha value is -0.0900. The molecule has 0 saturated heterocycles. The molecule has 0 aromatic heterocycles. The number of guanidine groups is 1. The van der Waals surface area contributed by atoms with Crippen LogP contribution in [0.15, 0.2) is 4.99 Å². The summed E-state index contributed by atoms with van der Waals surface area (Å²) >= 11 is 0. The standard InChI is InChI=1S/C17H35N3O3S.HI/c1-5-8-17(21,9-6-2)13-20-15(18-7-3)19-12-16(10-11-16)14-24(4,22)23;/h21H,5-14H2,1-4H3,(H2,18,19,20);1H. The maximum Gasteiger partial charge on any atom is 0.191 e. The van der Waals surface area contributed by atoms with Crippen LogP contribution in [-0.4, -0.2) is 56.7 Å². The Labute approximate surface area is 170 Å². The van der Waals surface area contributed by atoms with E-state index in [1.54, 1.807) is 0 Å². The van der Waals surface area contributed by atoms with E-state index in [0.717, 1.165) is 45.1 Å². The Morgan fingerprint density at radius 1 is 1.16 bits per heavy atom. The van der Waals surface area contributed by atoms with E-state index < -0.39 is 15.4 Å². The highest BCUT2D eigenvalue weighted by atomic mass is 127. The molecule has 0 aliphatic heterocycles. The Kier molecular flexibility index (Phi) is 10.9. The molecule has 0 bridgehead atoms. The summed E-state index contributed by atoms with van der Waals surface area (Å²) < 4.78 is 23.1. The van der Waals surface area contributed by atoms with Gasteiger partial charge in [0.1, 0.15) is 9.84 Å². The zero-order chi connectivity index (χ0) is 18.3.